The number of ether oxygens (including phenoxy) is 1. The SMILES string of the molecule is CC1CN(C(=O)C2(C#N)CCCCCC2)CC(CO)O1. The number of aliphatic hydroxyl groups is 1. The quantitative estimate of drug-likeness (QED) is 0.777. The molecule has 20 heavy (non-hydrogen) atoms. The van der Waals surface area contributed by atoms with E-state index in [-0.39, 0.29) is 24.7 Å². The number of amides is 1. The van der Waals surface area contributed by atoms with Crippen LogP contribution in [-0.4, -0.2) is 47.8 Å². The lowest BCUT2D eigenvalue weighted by Crippen LogP contribution is -2.54. The summed E-state index contributed by atoms with van der Waals surface area (Å²) in [4.78, 5) is 14.6. The highest BCUT2D eigenvalue weighted by Crippen LogP contribution is 2.36. The molecule has 0 aromatic carbocycles. The van der Waals surface area contributed by atoms with Crippen molar-refractivity contribution in [1.29, 1.82) is 5.26 Å². The maximum absolute atomic E-state index is 12.8. The fourth-order valence-corrected chi connectivity index (χ4v) is 3.32. The van der Waals surface area contributed by atoms with Crippen LogP contribution < -0.4 is 0 Å². The Kier molecular flexibility index (Phi) is 5.00. The van der Waals surface area contributed by atoms with E-state index in [0.29, 0.717) is 25.9 Å². The molecule has 0 spiro atoms. The number of hydrogen-bond acceptors (Lipinski definition) is 4. The van der Waals surface area contributed by atoms with Crippen LogP contribution >= 0.6 is 0 Å². The van der Waals surface area contributed by atoms with E-state index in [2.05, 4.69) is 6.07 Å². The molecule has 1 N–H and O–H groups in total. The van der Waals surface area contributed by atoms with Crippen LogP contribution in [0.3, 0.4) is 0 Å². The van der Waals surface area contributed by atoms with Gasteiger partial charge in [-0.05, 0) is 19.8 Å². The Labute approximate surface area is 120 Å². The molecular weight excluding hydrogens is 256 g/mol. The first-order valence-electron chi connectivity index (χ1n) is 7.58. The fourth-order valence-electron chi connectivity index (χ4n) is 3.32. The van der Waals surface area contributed by atoms with Crippen molar-refractivity contribution in [1.82, 2.24) is 4.90 Å². The third-order valence-corrected chi connectivity index (χ3v) is 4.40. The smallest absolute Gasteiger partial charge is 0.243 e. The highest BCUT2D eigenvalue weighted by atomic mass is 16.5. The molecule has 0 aromatic rings. The molecule has 2 rings (SSSR count). The Balaban J connectivity index is 2.13. The second-order valence-corrected chi connectivity index (χ2v) is 6.07. The van der Waals surface area contributed by atoms with Gasteiger partial charge in [0.15, 0.2) is 0 Å². The maximum atomic E-state index is 12.8. The molecule has 2 unspecified atom stereocenters. The molecule has 5 heteroatoms. The summed E-state index contributed by atoms with van der Waals surface area (Å²) in [5.74, 6) is -0.0597. The Hall–Kier alpha value is -1.12. The van der Waals surface area contributed by atoms with Gasteiger partial charge in [-0.25, -0.2) is 0 Å². The van der Waals surface area contributed by atoms with Crippen molar-refractivity contribution < 1.29 is 14.6 Å². The van der Waals surface area contributed by atoms with Gasteiger partial charge in [0.1, 0.15) is 5.41 Å². The van der Waals surface area contributed by atoms with E-state index in [4.69, 9.17) is 4.74 Å². The second-order valence-electron chi connectivity index (χ2n) is 6.07. The summed E-state index contributed by atoms with van der Waals surface area (Å²) in [6.07, 6.45) is 5.02. The molecule has 1 saturated heterocycles. The van der Waals surface area contributed by atoms with Gasteiger partial charge < -0.3 is 14.7 Å². The number of rotatable bonds is 2. The van der Waals surface area contributed by atoms with Crippen molar-refractivity contribution >= 4 is 5.91 Å². The van der Waals surface area contributed by atoms with Crippen molar-refractivity contribution in [3.8, 4) is 6.07 Å². The van der Waals surface area contributed by atoms with Crippen molar-refractivity contribution in [3.05, 3.63) is 0 Å². The first-order valence-corrected chi connectivity index (χ1v) is 7.58. The molecule has 0 bridgehead atoms. The first kappa shape index (κ1) is 15.3. The normalized spacial score (nSPS) is 30.4. The van der Waals surface area contributed by atoms with E-state index in [1.807, 2.05) is 6.92 Å². The summed E-state index contributed by atoms with van der Waals surface area (Å²) >= 11 is 0. The van der Waals surface area contributed by atoms with Crippen molar-refractivity contribution in [2.45, 2.75) is 57.7 Å². The minimum absolute atomic E-state index is 0.0597. The summed E-state index contributed by atoms with van der Waals surface area (Å²) in [6, 6.07) is 2.31. The van der Waals surface area contributed by atoms with Gasteiger partial charge in [0.05, 0.1) is 24.9 Å². The van der Waals surface area contributed by atoms with Crippen LogP contribution in [0.2, 0.25) is 0 Å². The Morgan fingerprint density at radius 1 is 1.35 bits per heavy atom. The molecule has 1 aliphatic carbocycles. The molecule has 2 atom stereocenters. The van der Waals surface area contributed by atoms with Crippen molar-refractivity contribution in [2.24, 2.45) is 5.41 Å². The lowest BCUT2D eigenvalue weighted by Gasteiger charge is -2.39. The van der Waals surface area contributed by atoms with Crippen LogP contribution in [0.15, 0.2) is 0 Å². The molecule has 1 heterocycles. The van der Waals surface area contributed by atoms with Crippen LogP contribution in [0, 0.1) is 16.7 Å². The molecule has 0 aromatic heterocycles. The Morgan fingerprint density at radius 3 is 2.55 bits per heavy atom. The number of nitriles is 1. The van der Waals surface area contributed by atoms with Gasteiger partial charge in [0, 0.05) is 13.1 Å². The molecule has 0 radical (unpaired) electrons. The zero-order valence-corrected chi connectivity index (χ0v) is 12.2. The molecule has 1 aliphatic heterocycles. The molecule has 112 valence electrons. The molecule has 5 nitrogen and oxygen atoms in total. The molecule has 1 amide bonds. The number of carbonyl (C=O) groups is 1. The fraction of sp³-hybridized carbons (Fsp3) is 0.867. The van der Waals surface area contributed by atoms with Crippen LogP contribution in [-0.2, 0) is 9.53 Å². The van der Waals surface area contributed by atoms with E-state index in [1.165, 1.54) is 0 Å². The second kappa shape index (κ2) is 6.55. The lowest BCUT2D eigenvalue weighted by molar-refractivity contribution is -0.155. The zero-order chi connectivity index (χ0) is 14.6. The molecule has 2 fully saturated rings. The summed E-state index contributed by atoms with van der Waals surface area (Å²) in [5.41, 5.74) is -0.854. The van der Waals surface area contributed by atoms with Gasteiger partial charge >= 0.3 is 0 Å². The average Bonchev–Trinajstić information content (AvgIpc) is 2.72. The minimum atomic E-state index is -0.854. The largest absolute Gasteiger partial charge is 0.394 e. The van der Waals surface area contributed by atoms with Crippen LogP contribution in [0.1, 0.15) is 45.4 Å². The van der Waals surface area contributed by atoms with E-state index in [0.717, 1.165) is 25.7 Å². The number of hydrogen-bond donors (Lipinski definition) is 1. The maximum Gasteiger partial charge on any atom is 0.243 e. The van der Waals surface area contributed by atoms with E-state index >= 15 is 0 Å². The van der Waals surface area contributed by atoms with Crippen molar-refractivity contribution in [3.63, 3.8) is 0 Å². The first-order chi connectivity index (χ1) is 9.61. The predicted octanol–water partition coefficient (Wildman–Crippen LogP) is 1.46. The molecule has 1 saturated carbocycles. The van der Waals surface area contributed by atoms with Gasteiger partial charge in [-0.1, -0.05) is 25.7 Å². The van der Waals surface area contributed by atoms with Gasteiger partial charge in [-0.3, -0.25) is 4.79 Å². The number of nitrogens with zero attached hydrogens (tertiary/aromatic N) is 2. The van der Waals surface area contributed by atoms with Crippen LogP contribution in [0.5, 0.6) is 0 Å². The third kappa shape index (κ3) is 3.13. The summed E-state index contributed by atoms with van der Waals surface area (Å²) in [6.45, 7) is 2.71. The molecule has 2 aliphatic rings. The number of carbonyl (C=O) groups excluding carboxylic acids is 1. The average molecular weight is 280 g/mol. The van der Waals surface area contributed by atoms with Crippen molar-refractivity contribution in [2.75, 3.05) is 19.7 Å². The topological polar surface area (TPSA) is 73.6 Å². The number of aliphatic hydroxyl groups excluding tert-OH is 1. The summed E-state index contributed by atoms with van der Waals surface area (Å²) in [7, 11) is 0. The monoisotopic (exact) mass is 280 g/mol. The summed E-state index contributed by atoms with van der Waals surface area (Å²) < 4.78 is 5.57. The number of morpholine rings is 1. The summed E-state index contributed by atoms with van der Waals surface area (Å²) in [5, 5.41) is 18.8. The highest BCUT2D eigenvalue weighted by Gasteiger charge is 2.43. The predicted molar refractivity (Wildman–Crippen MR) is 73.7 cm³/mol. The van der Waals surface area contributed by atoms with E-state index in [1.54, 1.807) is 4.90 Å². The minimum Gasteiger partial charge on any atom is -0.394 e. The van der Waals surface area contributed by atoms with E-state index in [9.17, 15) is 15.2 Å². The highest BCUT2D eigenvalue weighted by molar-refractivity contribution is 5.85. The Morgan fingerprint density at radius 2 is 2.00 bits per heavy atom. The van der Waals surface area contributed by atoms with E-state index < -0.39 is 5.41 Å². The van der Waals surface area contributed by atoms with Crippen LogP contribution in [0.25, 0.3) is 0 Å². The van der Waals surface area contributed by atoms with Gasteiger partial charge in [-0.15, -0.1) is 0 Å². The van der Waals surface area contributed by atoms with Gasteiger partial charge in [-0.2, -0.15) is 5.26 Å². The van der Waals surface area contributed by atoms with Gasteiger partial charge in [0.25, 0.3) is 0 Å². The standard InChI is InChI=1S/C15H24N2O3/c1-12-8-17(9-13(10-18)20-12)14(19)15(11-16)6-4-2-3-5-7-15/h12-13,18H,2-10H2,1H3. The Bertz CT molecular complexity index is 383. The van der Waals surface area contributed by atoms with Crippen LogP contribution in [0.4, 0.5) is 0 Å². The third-order valence-electron chi connectivity index (χ3n) is 4.40. The zero-order valence-electron chi connectivity index (χ0n) is 12.2. The molecular formula is C15H24N2O3. The lowest BCUT2D eigenvalue weighted by atomic mass is 9.80. The van der Waals surface area contributed by atoms with Gasteiger partial charge in [0.2, 0.25) is 5.91 Å².